The van der Waals surface area contributed by atoms with E-state index >= 15 is 0 Å². The molecular weight excluding hydrogens is 322 g/mol. The van der Waals surface area contributed by atoms with Gasteiger partial charge < -0.3 is 15.5 Å². The second-order valence-electron chi connectivity index (χ2n) is 6.70. The number of aromatic hydroxyl groups is 1. The molecule has 1 aliphatic carbocycles. The molecule has 0 bridgehead atoms. The molecule has 3 atom stereocenters. The molecule has 2 unspecified atom stereocenters. The molecule has 1 saturated carbocycles. The van der Waals surface area contributed by atoms with E-state index in [1.54, 1.807) is 12.1 Å². The molecular formula is C20H24ClNO2. The lowest BCUT2D eigenvalue weighted by Crippen LogP contribution is -2.26. The monoisotopic (exact) mass is 345 g/mol. The summed E-state index contributed by atoms with van der Waals surface area (Å²) in [5.41, 5.74) is 2.16. The van der Waals surface area contributed by atoms with Crippen molar-refractivity contribution in [3.8, 4) is 5.75 Å². The zero-order valence-corrected chi connectivity index (χ0v) is 14.4. The van der Waals surface area contributed by atoms with Crippen LogP contribution in [0.15, 0.2) is 48.5 Å². The lowest BCUT2D eigenvalue weighted by Gasteiger charge is -2.16. The number of hydrogen-bond donors (Lipinski definition) is 3. The van der Waals surface area contributed by atoms with Crippen molar-refractivity contribution in [2.75, 3.05) is 13.1 Å². The van der Waals surface area contributed by atoms with Gasteiger partial charge in [0.25, 0.3) is 0 Å². The number of rotatable bonds is 6. The molecule has 128 valence electrons. The van der Waals surface area contributed by atoms with E-state index in [4.69, 9.17) is 11.6 Å². The van der Waals surface area contributed by atoms with Crippen LogP contribution in [-0.4, -0.2) is 23.3 Å². The first-order chi connectivity index (χ1) is 11.6. The van der Waals surface area contributed by atoms with Gasteiger partial charge in [0, 0.05) is 11.6 Å². The quantitative estimate of drug-likeness (QED) is 0.733. The van der Waals surface area contributed by atoms with Crippen molar-refractivity contribution in [1.82, 2.24) is 5.32 Å². The highest BCUT2D eigenvalue weighted by Crippen LogP contribution is 2.38. The molecule has 0 radical (unpaired) electrons. The average molecular weight is 346 g/mol. The van der Waals surface area contributed by atoms with Crippen LogP contribution in [0.4, 0.5) is 0 Å². The first-order valence-electron chi connectivity index (χ1n) is 8.55. The van der Waals surface area contributed by atoms with E-state index in [-0.39, 0.29) is 0 Å². The van der Waals surface area contributed by atoms with Crippen LogP contribution in [-0.2, 0) is 0 Å². The number of halogens is 1. The van der Waals surface area contributed by atoms with Gasteiger partial charge in [0.1, 0.15) is 5.75 Å². The van der Waals surface area contributed by atoms with Crippen molar-refractivity contribution in [2.24, 2.45) is 5.92 Å². The molecule has 2 aromatic carbocycles. The first-order valence-corrected chi connectivity index (χ1v) is 8.93. The fourth-order valence-corrected chi connectivity index (χ4v) is 3.76. The summed E-state index contributed by atoms with van der Waals surface area (Å²) in [6.07, 6.45) is 3.02. The standard InChI is InChI=1S/C20H24ClNO2/c21-18-3-1-2-17(11-18)20(24)13-22-12-14-4-5-16(10-14)15-6-8-19(23)9-7-15/h1-3,6-9,11,14,16,20,22-24H,4-5,10,12-13H2/t14?,16?,20-/m0/s1. The second kappa shape index (κ2) is 8.02. The summed E-state index contributed by atoms with van der Waals surface area (Å²) in [6, 6.07) is 15.0. The second-order valence-corrected chi connectivity index (χ2v) is 7.13. The van der Waals surface area contributed by atoms with Gasteiger partial charge in [-0.2, -0.15) is 0 Å². The van der Waals surface area contributed by atoms with Gasteiger partial charge in [-0.3, -0.25) is 0 Å². The molecule has 3 rings (SSSR count). The van der Waals surface area contributed by atoms with Crippen molar-refractivity contribution in [2.45, 2.75) is 31.3 Å². The third kappa shape index (κ3) is 4.50. The Balaban J connectivity index is 1.44. The largest absolute Gasteiger partial charge is 0.508 e. The van der Waals surface area contributed by atoms with Gasteiger partial charge in [0.2, 0.25) is 0 Å². The molecule has 1 fully saturated rings. The lowest BCUT2D eigenvalue weighted by molar-refractivity contribution is 0.173. The van der Waals surface area contributed by atoms with Crippen molar-refractivity contribution in [3.63, 3.8) is 0 Å². The van der Waals surface area contributed by atoms with Crippen molar-refractivity contribution in [3.05, 3.63) is 64.7 Å². The number of nitrogens with one attached hydrogen (secondary N) is 1. The minimum absolute atomic E-state index is 0.324. The predicted molar refractivity (Wildman–Crippen MR) is 97.5 cm³/mol. The van der Waals surface area contributed by atoms with Gasteiger partial charge in [-0.05, 0) is 73.0 Å². The van der Waals surface area contributed by atoms with Crippen molar-refractivity contribution < 1.29 is 10.2 Å². The molecule has 4 heteroatoms. The van der Waals surface area contributed by atoms with E-state index in [0.29, 0.717) is 29.2 Å². The molecule has 0 saturated heterocycles. The summed E-state index contributed by atoms with van der Waals surface area (Å²) in [4.78, 5) is 0. The molecule has 0 amide bonds. The van der Waals surface area contributed by atoms with Gasteiger partial charge in [-0.25, -0.2) is 0 Å². The molecule has 1 aliphatic rings. The fourth-order valence-electron chi connectivity index (χ4n) is 3.57. The summed E-state index contributed by atoms with van der Waals surface area (Å²) in [5.74, 6) is 1.54. The van der Waals surface area contributed by atoms with Crippen LogP contribution < -0.4 is 5.32 Å². The van der Waals surface area contributed by atoms with Crippen LogP contribution in [0.3, 0.4) is 0 Å². The Bertz CT molecular complexity index is 659. The molecule has 24 heavy (non-hydrogen) atoms. The molecule has 0 spiro atoms. The Hall–Kier alpha value is -1.55. The van der Waals surface area contributed by atoms with Gasteiger partial charge in [0.15, 0.2) is 0 Å². The molecule has 2 aromatic rings. The predicted octanol–water partition coefficient (Wildman–Crippen LogP) is 4.25. The van der Waals surface area contributed by atoms with Gasteiger partial charge in [0.05, 0.1) is 6.10 Å². The highest BCUT2D eigenvalue weighted by atomic mass is 35.5. The maximum absolute atomic E-state index is 10.2. The number of aliphatic hydroxyl groups is 1. The maximum Gasteiger partial charge on any atom is 0.115 e. The Morgan fingerprint density at radius 2 is 1.92 bits per heavy atom. The Labute approximate surface area is 148 Å². The summed E-state index contributed by atoms with van der Waals surface area (Å²) in [6.45, 7) is 1.47. The molecule has 0 aromatic heterocycles. The first kappa shape index (κ1) is 17.3. The smallest absolute Gasteiger partial charge is 0.115 e. The van der Waals surface area contributed by atoms with Crippen LogP contribution in [0, 0.1) is 5.92 Å². The van der Waals surface area contributed by atoms with E-state index in [2.05, 4.69) is 5.32 Å². The van der Waals surface area contributed by atoms with Gasteiger partial charge >= 0.3 is 0 Å². The highest BCUT2D eigenvalue weighted by molar-refractivity contribution is 6.30. The van der Waals surface area contributed by atoms with Crippen LogP contribution in [0.1, 0.15) is 42.4 Å². The number of phenolic OH excluding ortho intramolecular Hbond substituents is 1. The molecule has 3 N–H and O–H groups in total. The van der Waals surface area contributed by atoms with E-state index in [1.807, 2.05) is 36.4 Å². The minimum Gasteiger partial charge on any atom is -0.508 e. The Morgan fingerprint density at radius 3 is 2.67 bits per heavy atom. The van der Waals surface area contributed by atoms with E-state index < -0.39 is 6.10 Å². The van der Waals surface area contributed by atoms with Crippen LogP contribution in [0.5, 0.6) is 5.75 Å². The SMILES string of the molecule is Oc1ccc(C2CCC(CNC[C@H](O)c3cccc(Cl)c3)C2)cc1. The summed E-state index contributed by atoms with van der Waals surface area (Å²) in [7, 11) is 0. The summed E-state index contributed by atoms with van der Waals surface area (Å²) < 4.78 is 0. The molecule has 3 nitrogen and oxygen atoms in total. The molecule has 0 aliphatic heterocycles. The summed E-state index contributed by atoms with van der Waals surface area (Å²) in [5, 5.41) is 23.7. The Morgan fingerprint density at radius 1 is 1.12 bits per heavy atom. The van der Waals surface area contributed by atoms with Crippen LogP contribution >= 0.6 is 11.6 Å². The van der Waals surface area contributed by atoms with Crippen LogP contribution in [0.2, 0.25) is 5.02 Å². The number of aliphatic hydroxyl groups excluding tert-OH is 1. The highest BCUT2D eigenvalue weighted by Gasteiger charge is 2.25. The van der Waals surface area contributed by atoms with E-state index in [1.165, 1.54) is 18.4 Å². The zero-order valence-electron chi connectivity index (χ0n) is 13.7. The maximum atomic E-state index is 10.2. The van der Waals surface area contributed by atoms with Gasteiger partial charge in [-0.15, -0.1) is 0 Å². The van der Waals surface area contributed by atoms with Gasteiger partial charge in [-0.1, -0.05) is 35.9 Å². The van der Waals surface area contributed by atoms with E-state index in [0.717, 1.165) is 18.5 Å². The van der Waals surface area contributed by atoms with Crippen molar-refractivity contribution >= 4 is 11.6 Å². The summed E-state index contributed by atoms with van der Waals surface area (Å²) >= 11 is 5.96. The number of phenols is 1. The lowest BCUT2D eigenvalue weighted by atomic mass is 9.96. The normalized spacial score (nSPS) is 21.8. The zero-order chi connectivity index (χ0) is 16.9. The van der Waals surface area contributed by atoms with Crippen LogP contribution in [0.25, 0.3) is 0 Å². The van der Waals surface area contributed by atoms with Crippen molar-refractivity contribution in [1.29, 1.82) is 0 Å². The fraction of sp³-hybridized carbons (Fsp3) is 0.400. The third-order valence-corrected chi connectivity index (χ3v) is 5.14. The topological polar surface area (TPSA) is 52.5 Å². The van der Waals surface area contributed by atoms with E-state index in [9.17, 15) is 10.2 Å². The third-order valence-electron chi connectivity index (χ3n) is 4.91. The number of benzene rings is 2. The Kier molecular flexibility index (Phi) is 5.77. The average Bonchev–Trinajstić information content (AvgIpc) is 3.04. The minimum atomic E-state index is -0.530. The molecule has 0 heterocycles. The number of hydrogen-bond acceptors (Lipinski definition) is 3.